The quantitative estimate of drug-likeness (QED) is 0.508. The van der Waals surface area contributed by atoms with Crippen molar-refractivity contribution in [3.05, 3.63) is 18.3 Å². The van der Waals surface area contributed by atoms with Crippen LogP contribution in [0.2, 0.25) is 0 Å². The van der Waals surface area contributed by atoms with Gasteiger partial charge in [-0.1, -0.05) is 0 Å². The highest BCUT2D eigenvalue weighted by Crippen LogP contribution is 2.25. The summed E-state index contributed by atoms with van der Waals surface area (Å²) < 4.78 is 0. The summed E-state index contributed by atoms with van der Waals surface area (Å²) in [5.41, 5.74) is 4.44. The summed E-state index contributed by atoms with van der Waals surface area (Å²) >= 11 is 0. The largest absolute Gasteiger partial charge is 0.234 e. The van der Waals surface area contributed by atoms with Gasteiger partial charge in [0, 0.05) is 6.20 Å². The van der Waals surface area contributed by atoms with Crippen LogP contribution in [0.15, 0.2) is 28.7 Å². The minimum Gasteiger partial charge on any atom is -0.234 e. The first-order valence-corrected chi connectivity index (χ1v) is 2.53. The van der Waals surface area contributed by atoms with Crippen LogP contribution in [0.4, 0.5) is 11.5 Å². The van der Waals surface area contributed by atoms with Crippen LogP contribution >= 0.6 is 0 Å². The Kier molecular flexibility index (Phi) is 0.745. The van der Waals surface area contributed by atoms with Crippen LogP contribution in [0.5, 0.6) is 0 Å². The lowest BCUT2D eigenvalue weighted by Gasteiger charge is -1.86. The van der Waals surface area contributed by atoms with Crippen LogP contribution < -0.4 is 5.43 Å². The molecule has 2 heterocycles. The Morgan fingerprint density at radius 2 is 2.33 bits per heavy atom. The van der Waals surface area contributed by atoms with Crippen molar-refractivity contribution in [1.29, 1.82) is 0 Å². The van der Waals surface area contributed by atoms with Gasteiger partial charge in [-0.3, -0.25) is 0 Å². The van der Waals surface area contributed by atoms with E-state index in [-0.39, 0.29) is 0 Å². The zero-order valence-electron chi connectivity index (χ0n) is 4.52. The highest BCUT2D eigenvalue weighted by atomic mass is 15.5. The average molecular weight is 119 g/mol. The molecule has 4 heteroatoms. The Morgan fingerprint density at radius 1 is 1.33 bits per heavy atom. The molecular weight excluding hydrogens is 116 g/mol. The monoisotopic (exact) mass is 119 g/mol. The minimum absolute atomic E-state index is 0.609. The number of fused-ring (bicyclic) bond motifs is 1. The van der Waals surface area contributed by atoms with Crippen molar-refractivity contribution < 1.29 is 0 Å². The Labute approximate surface area is 51.6 Å². The minimum atomic E-state index is 0.609. The van der Waals surface area contributed by atoms with E-state index < -0.39 is 0 Å². The van der Waals surface area contributed by atoms with E-state index in [9.17, 15) is 0 Å². The lowest BCUT2D eigenvalue weighted by molar-refractivity contribution is 0.922. The number of nitrogens with zero attached hydrogens (tertiary/aromatic N) is 4. The Hall–Kier alpha value is -1.45. The molecule has 0 fully saturated rings. The van der Waals surface area contributed by atoms with Crippen LogP contribution in [0, 0.1) is 0 Å². The molecule has 0 unspecified atom stereocenters. The molecule has 1 aromatic heterocycles. The SMILES string of the molecule is c1cnc2c(c1)[N]N=N2. The molecule has 43 valence electrons. The number of hydrogen-bond donors (Lipinski definition) is 0. The van der Waals surface area contributed by atoms with Gasteiger partial charge in [0.15, 0.2) is 0 Å². The summed E-state index contributed by atoms with van der Waals surface area (Å²) in [4.78, 5) is 3.91. The molecule has 1 aliphatic rings. The zero-order valence-corrected chi connectivity index (χ0v) is 4.52. The lowest BCUT2D eigenvalue weighted by Crippen LogP contribution is -1.78. The van der Waals surface area contributed by atoms with E-state index in [1.807, 2.05) is 6.07 Å². The molecule has 2 rings (SSSR count). The van der Waals surface area contributed by atoms with Crippen molar-refractivity contribution >= 4 is 11.5 Å². The van der Waals surface area contributed by atoms with Gasteiger partial charge in [0.25, 0.3) is 0 Å². The Balaban J connectivity index is 2.63. The van der Waals surface area contributed by atoms with E-state index in [1.54, 1.807) is 12.3 Å². The van der Waals surface area contributed by atoms with Crippen LogP contribution in [0.1, 0.15) is 0 Å². The third kappa shape index (κ3) is 0.561. The van der Waals surface area contributed by atoms with Gasteiger partial charge in [-0.15, -0.1) is 10.5 Å². The smallest absolute Gasteiger partial charge is 0.204 e. The maximum absolute atomic E-state index is 3.91. The molecule has 4 nitrogen and oxygen atoms in total. The molecule has 0 aromatic carbocycles. The van der Waals surface area contributed by atoms with Crippen LogP contribution in [0.25, 0.3) is 0 Å². The molecule has 1 aromatic rings. The predicted molar refractivity (Wildman–Crippen MR) is 30.5 cm³/mol. The summed E-state index contributed by atoms with van der Waals surface area (Å²) in [6, 6.07) is 3.63. The van der Waals surface area contributed by atoms with Crippen molar-refractivity contribution in [2.75, 3.05) is 0 Å². The molecule has 0 atom stereocenters. The maximum Gasteiger partial charge on any atom is 0.204 e. The second-order valence-corrected chi connectivity index (χ2v) is 1.64. The van der Waals surface area contributed by atoms with Gasteiger partial charge in [0.05, 0.1) is 0 Å². The first-order valence-electron chi connectivity index (χ1n) is 2.53. The zero-order chi connectivity index (χ0) is 6.10. The molecule has 1 radical (unpaired) electrons. The van der Waals surface area contributed by atoms with E-state index in [2.05, 4.69) is 20.7 Å². The van der Waals surface area contributed by atoms with Gasteiger partial charge < -0.3 is 0 Å². The molecule has 0 bridgehead atoms. The van der Waals surface area contributed by atoms with Crippen LogP contribution in [-0.4, -0.2) is 4.98 Å². The molecule has 9 heavy (non-hydrogen) atoms. The Morgan fingerprint density at radius 3 is 3.22 bits per heavy atom. The fraction of sp³-hybridized carbons (Fsp3) is 0. The first-order chi connectivity index (χ1) is 4.47. The normalized spacial score (nSPS) is 12.9. The van der Waals surface area contributed by atoms with Crippen LogP contribution in [0.3, 0.4) is 0 Å². The predicted octanol–water partition coefficient (Wildman–Crippen LogP) is 1.33. The first kappa shape index (κ1) is 4.43. The van der Waals surface area contributed by atoms with E-state index >= 15 is 0 Å². The number of hydrogen-bond acceptors (Lipinski definition) is 3. The summed E-state index contributed by atoms with van der Waals surface area (Å²) in [6.07, 6.45) is 1.67. The van der Waals surface area contributed by atoms with Crippen molar-refractivity contribution in [2.24, 2.45) is 10.3 Å². The fourth-order valence-electron chi connectivity index (χ4n) is 0.656. The second-order valence-electron chi connectivity index (χ2n) is 1.64. The number of pyridine rings is 1. The van der Waals surface area contributed by atoms with Crippen molar-refractivity contribution in [1.82, 2.24) is 10.4 Å². The van der Waals surface area contributed by atoms with E-state index in [4.69, 9.17) is 0 Å². The van der Waals surface area contributed by atoms with E-state index in [0.29, 0.717) is 5.82 Å². The van der Waals surface area contributed by atoms with E-state index in [1.165, 1.54) is 0 Å². The van der Waals surface area contributed by atoms with Crippen molar-refractivity contribution in [2.45, 2.75) is 0 Å². The average Bonchev–Trinajstić information content (AvgIpc) is 2.33. The third-order valence-corrected chi connectivity index (χ3v) is 1.06. The summed E-state index contributed by atoms with van der Waals surface area (Å²) in [5.74, 6) is 0.609. The summed E-state index contributed by atoms with van der Waals surface area (Å²) in [6.45, 7) is 0. The highest BCUT2D eigenvalue weighted by molar-refractivity contribution is 5.55. The van der Waals surface area contributed by atoms with Crippen molar-refractivity contribution in [3.63, 3.8) is 0 Å². The number of rotatable bonds is 0. The topological polar surface area (TPSA) is 51.7 Å². The summed E-state index contributed by atoms with van der Waals surface area (Å²) in [5, 5.41) is 7.09. The van der Waals surface area contributed by atoms with Gasteiger partial charge in [0.1, 0.15) is 5.69 Å². The van der Waals surface area contributed by atoms with Gasteiger partial charge >= 0.3 is 0 Å². The molecule has 0 aliphatic carbocycles. The fourth-order valence-corrected chi connectivity index (χ4v) is 0.656. The highest BCUT2D eigenvalue weighted by Gasteiger charge is 2.07. The maximum atomic E-state index is 3.91. The molecule has 0 saturated heterocycles. The third-order valence-electron chi connectivity index (χ3n) is 1.06. The van der Waals surface area contributed by atoms with Gasteiger partial charge in [0.2, 0.25) is 5.82 Å². The Bertz CT molecular complexity index is 255. The molecule has 0 N–H and O–H groups in total. The molecule has 0 spiro atoms. The van der Waals surface area contributed by atoms with Crippen molar-refractivity contribution in [3.8, 4) is 0 Å². The second kappa shape index (κ2) is 1.51. The van der Waals surface area contributed by atoms with Crippen LogP contribution in [-0.2, 0) is 0 Å². The summed E-state index contributed by atoms with van der Waals surface area (Å²) in [7, 11) is 0. The van der Waals surface area contributed by atoms with Gasteiger partial charge in [-0.25, -0.2) is 4.98 Å². The van der Waals surface area contributed by atoms with E-state index in [0.717, 1.165) is 5.69 Å². The standard InChI is InChI=1S/C5H3N4/c1-2-4-5(6-3-1)8-9-7-4/h1-3H. The number of aromatic nitrogens is 1. The molecule has 0 saturated carbocycles. The lowest BCUT2D eigenvalue weighted by atomic mass is 10.4. The van der Waals surface area contributed by atoms with Gasteiger partial charge in [-0.2, -0.15) is 0 Å². The molecule has 1 aliphatic heterocycles. The molecule has 0 amide bonds. The molecular formula is C5H3N4. The van der Waals surface area contributed by atoms with Gasteiger partial charge in [-0.05, 0) is 17.4 Å².